The van der Waals surface area contributed by atoms with E-state index in [1.54, 1.807) is 0 Å². The Kier molecular flexibility index (Phi) is 8.05. The molecule has 0 radical (unpaired) electrons. The number of aromatic nitrogens is 3. The van der Waals surface area contributed by atoms with Gasteiger partial charge in [0.2, 0.25) is 5.91 Å². The molecule has 0 bridgehead atoms. The molecule has 3 N–H and O–H groups in total. The Morgan fingerprint density at radius 2 is 2.03 bits per heavy atom. The Morgan fingerprint density at radius 1 is 1.33 bits per heavy atom. The summed E-state index contributed by atoms with van der Waals surface area (Å²) in [6.07, 6.45) is 3.01. The molecule has 33 heavy (non-hydrogen) atoms. The van der Waals surface area contributed by atoms with Gasteiger partial charge in [-0.3, -0.25) is 4.79 Å². The number of alkyl halides is 3. The van der Waals surface area contributed by atoms with Gasteiger partial charge in [-0.15, -0.1) is 0 Å². The minimum Gasteiger partial charge on any atom is -0.362 e. The SMILES string of the molecule is C=c1[nH]cc/c1=c1/c(=C\C)nc(CCNC(=O)C(C)C)n1C1CCC(NCC(F)(F)F)CC1. The van der Waals surface area contributed by atoms with Gasteiger partial charge in [-0.2, -0.15) is 13.2 Å². The Hall–Kier alpha value is -2.55. The van der Waals surface area contributed by atoms with Crippen molar-refractivity contribution >= 4 is 18.6 Å². The average molecular weight is 466 g/mol. The molecular formula is C24H34F3N5O. The monoisotopic (exact) mass is 465 g/mol. The third-order valence-electron chi connectivity index (χ3n) is 6.20. The molecule has 1 amide bonds. The number of carbonyl (C=O) groups excluding carboxylic acids is 1. The molecule has 0 atom stereocenters. The van der Waals surface area contributed by atoms with Crippen LogP contribution in [0.1, 0.15) is 58.3 Å². The summed E-state index contributed by atoms with van der Waals surface area (Å²) >= 11 is 0. The van der Waals surface area contributed by atoms with Gasteiger partial charge in [-0.1, -0.05) is 26.5 Å². The Balaban J connectivity index is 1.93. The summed E-state index contributed by atoms with van der Waals surface area (Å²) < 4.78 is 40.0. The third-order valence-corrected chi connectivity index (χ3v) is 6.20. The normalized spacial score (nSPS) is 21.0. The molecule has 2 heterocycles. The number of imidazole rings is 1. The molecule has 9 heteroatoms. The Labute approximate surface area is 191 Å². The summed E-state index contributed by atoms with van der Waals surface area (Å²) in [6, 6.07) is 1.95. The molecule has 0 saturated heterocycles. The molecule has 1 aliphatic carbocycles. The second-order valence-corrected chi connectivity index (χ2v) is 8.99. The van der Waals surface area contributed by atoms with E-state index in [1.165, 1.54) is 0 Å². The van der Waals surface area contributed by atoms with Gasteiger partial charge in [0.15, 0.2) is 0 Å². The summed E-state index contributed by atoms with van der Waals surface area (Å²) in [5.41, 5.74) is 0. The van der Waals surface area contributed by atoms with Crippen molar-refractivity contribution in [3.63, 3.8) is 0 Å². The number of aromatic amines is 1. The van der Waals surface area contributed by atoms with E-state index in [9.17, 15) is 18.0 Å². The highest BCUT2D eigenvalue weighted by atomic mass is 19.4. The molecule has 1 saturated carbocycles. The molecule has 0 spiro atoms. The highest BCUT2D eigenvalue weighted by Crippen LogP contribution is 2.30. The van der Waals surface area contributed by atoms with Gasteiger partial charge in [-0.05, 0) is 38.7 Å². The molecule has 2 aromatic rings. The molecule has 182 valence electrons. The molecule has 0 aliphatic heterocycles. The van der Waals surface area contributed by atoms with Crippen molar-refractivity contribution in [3.05, 3.63) is 39.4 Å². The van der Waals surface area contributed by atoms with Crippen LogP contribution in [-0.4, -0.2) is 45.7 Å². The highest BCUT2D eigenvalue weighted by Gasteiger charge is 2.30. The maximum Gasteiger partial charge on any atom is 0.401 e. The molecule has 3 rings (SSSR count). The van der Waals surface area contributed by atoms with E-state index < -0.39 is 12.7 Å². The van der Waals surface area contributed by atoms with Crippen LogP contribution < -0.4 is 21.3 Å². The number of amides is 1. The lowest BCUT2D eigenvalue weighted by Crippen LogP contribution is -2.39. The topological polar surface area (TPSA) is 74.7 Å². The zero-order valence-electron chi connectivity index (χ0n) is 19.6. The summed E-state index contributed by atoms with van der Waals surface area (Å²) in [7, 11) is 0. The van der Waals surface area contributed by atoms with E-state index in [1.807, 2.05) is 39.1 Å². The Morgan fingerprint density at radius 3 is 2.58 bits per heavy atom. The number of hydrogen-bond donors (Lipinski definition) is 3. The van der Waals surface area contributed by atoms with Gasteiger partial charge in [0.05, 0.1) is 17.2 Å². The predicted octanol–water partition coefficient (Wildman–Crippen LogP) is 2.66. The molecule has 1 fully saturated rings. The average Bonchev–Trinajstić information content (AvgIpc) is 3.34. The van der Waals surface area contributed by atoms with Gasteiger partial charge in [0.1, 0.15) is 5.82 Å². The fraction of sp³-hybridized carbons (Fsp3) is 0.583. The van der Waals surface area contributed by atoms with Crippen LogP contribution in [0.5, 0.6) is 0 Å². The molecule has 6 nitrogen and oxygen atoms in total. The number of rotatable bonds is 7. The van der Waals surface area contributed by atoms with Crippen LogP contribution in [0.15, 0.2) is 12.3 Å². The maximum absolute atomic E-state index is 12.6. The molecular weight excluding hydrogens is 431 g/mol. The van der Waals surface area contributed by atoms with Gasteiger partial charge < -0.3 is 20.2 Å². The van der Waals surface area contributed by atoms with Gasteiger partial charge in [0.25, 0.3) is 0 Å². The van der Waals surface area contributed by atoms with E-state index in [0.717, 1.165) is 39.9 Å². The molecule has 1 aliphatic rings. The van der Waals surface area contributed by atoms with Crippen molar-refractivity contribution in [1.29, 1.82) is 0 Å². The van der Waals surface area contributed by atoms with E-state index in [-0.39, 0.29) is 23.9 Å². The predicted molar refractivity (Wildman–Crippen MR) is 123 cm³/mol. The highest BCUT2D eigenvalue weighted by molar-refractivity contribution is 5.77. The smallest absolute Gasteiger partial charge is 0.362 e. The summed E-state index contributed by atoms with van der Waals surface area (Å²) in [5.74, 6) is 0.778. The Bertz CT molecular complexity index is 1140. The lowest BCUT2D eigenvalue weighted by Gasteiger charge is -2.31. The van der Waals surface area contributed by atoms with Crippen LogP contribution in [0.3, 0.4) is 0 Å². The second-order valence-electron chi connectivity index (χ2n) is 8.99. The zero-order chi connectivity index (χ0) is 24.2. The minimum absolute atomic E-state index is 0.00228. The number of hydrogen-bond acceptors (Lipinski definition) is 3. The molecule has 2 aromatic heterocycles. The first-order chi connectivity index (χ1) is 15.6. The standard InChI is InChI=1S/C24H34F3N5O/c1-5-20-22(19-10-12-28-16(19)4)32(21(31-20)11-13-29-23(33)15(2)3)18-8-6-17(7-9-18)30-14-24(25,26)27/h5,10,12,15,17-18,28,30H,4,6-9,11,13-14H2,1-3H3,(H,29,33)/b20-5+,22-19+. The van der Waals surface area contributed by atoms with Crippen molar-refractivity contribution in [2.45, 2.75) is 71.1 Å². The van der Waals surface area contributed by atoms with Crippen LogP contribution in [-0.2, 0) is 11.2 Å². The van der Waals surface area contributed by atoms with Crippen LogP contribution >= 0.6 is 0 Å². The van der Waals surface area contributed by atoms with Crippen molar-refractivity contribution in [2.75, 3.05) is 13.1 Å². The summed E-state index contributed by atoms with van der Waals surface area (Å²) in [5, 5.41) is 9.18. The summed E-state index contributed by atoms with van der Waals surface area (Å²) in [6.45, 7) is 9.27. The second kappa shape index (κ2) is 10.6. The molecule has 0 aromatic carbocycles. The van der Waals surface area contributed by atoms with E-state index in [2.05, 4.69) is 26.8 Å². The van der Waals surface area contributed by atoms with Gasteiger partial charge in [-0.25, -0.2) is 4.98 Å². The van der Waals surface area contributed by atoms with Crippen molar-refractivity contribution in [2.24, 2.45) is 5.92 Å². The number of nitrogens with zero attached hydrogens (tertiary/aromatic N) is 2. The van der Waals surface area contributed by atoms with Crippen LogP contribution in [0, 0.1) is 16.5 Å². The van der Waals surface area contributed by atoms with Gasteiger partial charge in [0, 0.05) is 47.7 Å². The van der Waals surface area contributed by atoms with Crippen LogP contribution in [0.4, 0.5) is 13.2 Å². The van der Waals surface area contributed by atoms with Crippen molar-refractivity contribution < 1.29 is 18.0 Å². The van der Waals surface area contributed by atoms with Crippen LogP contribution in [0.25, 0.3) is 12.7 Å². The lowest BCUT2D eigenvalue weighted by atomic mass is 9.90. The number of nitrogens with one attached hydrogen (secondary N) is 3. The largest absolute Gasteiger partial charge is 0.401 e. The van der Waals surface area contributed by atoms with E-state index in [4.69, 9.17) is 4.98 Å². The van der Waals surface area contributed by atoms with Crippen molar-refractivity contribution in [3.8, 4) is 0 Å². The zero-order valence-corrected chi connectivity index (χ0v) is 19.6. The third kappa shape index (κ3) is 6.28. The first-order valence-corrected chi connectivity index (χ1v) is 11.6. The first-order valence-electron chi connectivity index (χ1n) is 11.6. The lowest BCUT2D eigenvalue weighted by molar-refractivity contribution is -0.126. The van der Waals surface area contributed by atoms with Gasteiger partial charge >= 0.3 is 6.18 Å². The summed E-state index contributed by atoms with van der Waals surface area (Å²) in [4.78, 5) is 20.0. The number of carbonyl (C=O) groups is 1. The maximum atomic E-state index is 12.6. The quantitative estimate of drug-likeness (QED) is 0.589. The van der Waals surface area contributed by atoms with E-state index in [0.29, 0.717) is 25.8 Å². The number of halogens is 3. The molecule has 0 unspecified atom stereocenters. The van der Waals surface area contributed by atoms with Crippen LogP contribution in [0.2, 0.25) is 0 Å². The minimum atomic E-state index is -4.20. The fourth-order valence-corrected chi connectivity index (χ4v) is 4.46. The fourth-order valence-electron chi connectivity index (χ4n) is 4.46. The van der Waals surface area contributed by atoms with Crippen molar-refractivity contribution in [1.82, 2.24) is 25.2 Å². The number of H-pyrrole nitrogens is 1. The first kappa shape index (κ1) is 25.1. The van der Waals surface area contributed by atoms with E-state index >= 15 is 0 Å².